The monoisotopic (exact) mass is 447 g/mol. The molecular formula is C29H41N3O. The van der Waals surface area contributed by atoms with Crippen molar-refractivity contribution in [2.24, 2.45) is 10.9 Å². The number of fused-ring (bicyclic) bond motifs is 1. The van der Waals surface area contributed by atoms with Crippen LogP contribution < -0.4 is 4.74 Å². The molecule has 3 rings (SSSR count). The van der Waals surface area contributed by atoms with Crippen LogP contribution >= 0.6 is 0 Å². The lowest BCUT2D eigenvalue weighted by atomic mass is 9.92. The van der Waals surface area contributed by atoms with E-state index >= 15 is 0 Å². The zero-order valence-electron chi connectivity index (χ0n) is 20.7. The van der Waals surface area contributed by atoms with Gasteiger partial charge in [0.25, 0.3) is 0 Å². The van der Waals surface area contributed by atoms with E-state index < -0.39 is 0 Å². The first kappa shape index (κ1) is 25.0. The van der Waals surface area contributed by atoms with Gasteiger partial charge in [-0.05, 0) is 100 Å². The van der Waals surface area contributed by atoms with Crippen LogP contribution in [0.5, 0.6) is 5.75 Å². The van der Waals surface area contributed by atoms with E-state index in [4.69, 9.17) is 4.74 Å². The van der Waals surface area contributed by atoms with Gasteiger partial charge >= 0.3 is 0 Å². The minimum Gasteiger partial charge on any atom is -0.494 e. The fourth-order valence-corrected chi connectivity index (χ4v) is 4.72. The minimum atomic E-state index is 0.768. The molecule has 0 saturated carbocycles. The van der Waals surface area contributed by atoms with Crippen LogP contribution in [0.4, 0.5) is 0 Å². The first-order valence-electron chi connectivity index (χ1n) is 12.6. The zero-order valence-corrected chi connectivity index (χ0v) is 20.7. The van der Waals surface area contributed by atoms with Crippen LogP contribution in [0.25, 0.3) is 16.5 Å². The van der Waals surface area contributed by atoms with E-state index in [0.29, 0.717) is 0 Å². The van der Waals surface area contributed by atoms with Gasteiger partial charge in [0.15, 0.2) is 0 Å². The van der Waals surface area contributed by atoms with E-state index in [1.807, 2.05) is 44.6 Å². The van der Waals surface area contributed by atoms with Crippen molar-refractivity contribution in [2.75, 3.05) is 26.7 Å². The Morgan fingerprint density at radius 2 is 1.97 bits per heavy atom. The second-order valence-corrected chi connectivity index (χ2v) is 9.35. The van der Waals surface area contributed by atoms with Crippen molar-refractivity contribution in [1.29, 1.82) is 0 Å². The van der Waals surface area contributed by atoms with Crippen molar-refractivity contribution < 1.29 is 4.74 Å². The highest BCUT2D eigenvalue weighted by atomic mass is 16.5. The molecule has 1 fully saturated rings. The lowest BCUT2D eigenvalue weighted by molar-refractivity contribution is 0.202. The topological polar surface area (TPSA) is 37.7 Å². The Bertz CT molecular complexity index is 941. The van der Waals surface area contributed by atoms with E-state index in [1.165, 1.54) is 44.2 Å². The molecule has 1 aromatic heterocycles. The Kier molecular flexibility index (Phi) is 9.99. The Balaban J connectivity index is 1.33. The third-order valence-electron chi connectivity index (χ3n) is 6.74. The minimum absolute atomic E-state index is 0.768. The summed E-state index contributed by atoms with van der Waals surface area (Å²) >= 11 is 0. The van der Waals surface area contributed by atoms with Gasteiger partial charge < -0.3 is 14.6 Å². The second kappa shape index (κ2) is 13.2. The number of piperidine rings is 1. The van der Waals surface area contributed by atoms with Gasteiger partial charge in [0.2, 0.25) is 0 Å². The number of aliphatic imine (C=N–C) groups is 1. The summed E-state index contributed by atoms with van der Waals surface area (Å²) in [5.41, 5.74) is 4.52. The normalized spacial score (nSPS) is 14.8. The van der Waals surface area contributed by atoms with E-state index in [0.717, 1.165) is 72.7 Å². The van der Waals surface area contributed by atoms with Gasteiger partial charge in [0.05, 0.1) is 12.1 Å². The Hall–Kier alpha value is -2.62. The van der Waals surface area contributed by atoms with Gasteiger partial charge in [0.1, 0.15) is 5.75 Å². The van der Waals surface area contributed by atoms with Gasteiger partial charge in [-0.1, -0.05) is 25.2 Å². The quantitative estimate of drug-likeness (QED) is 0.239. The molecule has 0 aliphatic carbocycles. The summed E-state index contributed by atoms with van der Waals surface area (Å²) in [6, 6.07) is 8.20. The molecule has 2 aromatic rings. The Morgan fingerprint density at radius 3 is 2.73 bits per heavy atom. The Morgan fingerprint density at radius 1 is 1.15 bits per heavy atom. The lowest BCUT2D eigenvalue weighted by Crippen LogP contribution is -2.32. The molecule has 1 aromatic carbocycles. The molecule has 0 N–H and O–H groups in total. The standard InChI is InChI=1S/C29H41N3O/c1-23(2)27-14-18-31-29-13-12-26(22-28(27)29)33-21-9-11-25-15-19-32(20-16-25)24(3)10-7-5-6-8-17-30-4/h12-14,17-18,22,25H,1,3,5-11,15-16,19-21H2,2,4H3. The molecule has 1 saturated heterocycles. The molecule has 0 spiro atoms. The molecule has 0 unspecified atom stereocenters. The molecule has 4 nitrogen and oxygen atoms in total. The predicted octanol–water partition coefficient (Wildman–Crippen LogP) is 7.30. The van der Waals surface area contributed by atoms with Crippen molar-refractivity contribution >= 4 is 22.7 Å². The van der Waals surface area contributed by atoms with Crippen molar-refractivity contribution in [3.8, 4) is 5.75 Å². The summed E-state index contributed by atoms with van der Waals surface area (Å²) < 4.78 is 6.09. The molecule has 1 aliphatic rings. The van der Waals surface area contributed by atoms with Crippen molar-refractivity contribution in [2.45, 2.75) is 64.7 Å². The summed E-state index contributed by atoms with van der Waals surface area (Å²) in [5, 5.41) is 1.12. The van der Waals surface area contributed by atoms with Crippen LogP contribution in [0.2, 0.25) is 0 Å². The smallest absolute Gasteiger partial charge is 0.120 e. The molecule has 0 amide bonds. The van der Waals surface area contributed by atoms with Gasteiger partial charge in [-0.15, -0.1) is 0 Å². The number of aromatic nitrogens is 1. The van der Waals surface area contributed by atoms with Crippen LogP contribution in [0.15, 0.2) is 54.3 Å². The van der Waals surface area contributed by atoms with E-state index in [1.54, 1.807) is 0 Å². The van der Waals surface area contributed by atoms with Crippen LogP contribution in [-0.2, 0) is 0 Å². The van der Waals surface area contributed by atoms with Crippen LogP contribution in [0.3, 0.4) is 0 Å². The Labute approximate surface area is 200 Å². The molecule has 4 heteroatoms. The number of benzene rings is 1. The zero-order chi connectivity index (χ0) is 23.5. The highest BCUT2D eigenvalue weighted by molar-refractivity contribution is 5.91. The average Bonchev–Trinajstić information content (AvgIpc) is 2.83. The number of hydrogen-bond donors (Lipinski definition) is 0. The van der Waals surface area contributed by atoms with Gasteiger partial charge in [-0.25, -0.2) is 0 Å². The largest absolute Gasteiger partial charge is 0.494 e. The number of likely N-dealkylation sites (tertiary alicyclic amines) is 1. The lowest BCUT2D eigenvalue weighted by Gasteiger charge is -2.35. The van der Waals surface area contributed by atoms with Crippen molar-refractivity contribution in [3.63, 3.8) is 0 Å². The van der Waals surface area contributed by atoms with Gasteiger partial charge in [-0.3, -0.25) is 4.98 Å². The number of unbranched alkanes of at least 4 members (excludes halogenated alkanes) is 3. The fourth-order valence-electron chi connectivity index (χ4n) is 4.72. The van der Waals surface area contributed by atoms with Crippen molar-refractivity contribution in [3.05, 3.63) is 54.9 Å². The first-order valence-corrected chi connectivity index (χ1v) is 12.6. The summed E-state index contributed by atoms with van der Waals surface area (Å²) in [7, 11) is 1.85. The third kappa shape index (κ3) is 7.73. The number of allylic oxidation sites excluding steroid dienone is 2. The number of hydrogen-bond acceptors (Lipinski definition) is 4. The SMILES string of the molecule is C=C(C)c1ccnc2ccc(OCCCC3CCN(C(=C)CCCCCC=NC)CC3)cc12. The summed E-state index contributed by atoms with van der Waals surface area (Å²) in [5.74, 6) is 1.73. The second-order valence-electron chi connectivity index (χ2n) is 9.35. The number of nitrogens with zero attached hydrogens (tertiary/aromatic N) is 3. The highest BCUT2D eigenvalue weighted by Crippen LogP contribution is 2.28. The number of ether oxygens (including phenoxy) is 1. The molecule has 0 bridgehead atoms. The third-order valence-corrected chi connectivity index (χ3v) is 6.74. The molecule has 33 heavy (non-hydrogen) atoms. The highest BCUT2D eigenvalue weighted by Gasteiger charge is 2.19. The summed E-state index contributed by atoms with van der Waals surface area (Å²) in [6.07, 6.45) is 14.7. The van der Waals surface area contributed by atoms with Crippen molar-refractivity contribution in [1.82, 2.24) is 9.88 Å². The molecule has 2 heterocycles. The maximum atomic E-state index is 6.09. The predicted molar refractivity (Wildman–Crippen MR) is 142 cm³/mol. The molecule has 0 atom stereocenters. The van der Waals surface area contributed by atoms with E-state index in [9.17, 15) is 0 Å². The van der Waals surface area contributed by atoms with E-state index in [2.05, 4.69) is 34.1 Å². The molecule has 1 aliphatic heterocycles. The first-order chi connectivity index (χ1) is 16.1. The van der Waals surface area contributed by atoms with Crippen LogP contribution in [-0.4, -0.2) is 42.8 Å². The maximum absolute atomic E-state index is 6.09. The van der Waals surface area contributed by atoms with E-state index in [-0.39, 0.29) is 0 Å². The summed E-state index contributed by atoms with van der Waals surface area (Å²) in [6.45, 7) is 13.6. The fraction of sp³-hybridized carbons (Fsp3) is 0.517. The average molecular weight is 448 g/mol. The number of rotatable bonds is 13. The molecule has 0 radical (unpaired) electrons. The number of pyridine rings is 1. The van der Waals surface area contributed by atoms with Gasteiger partial charge in [-0.2, -0.15) is 0 Å². The van der Waals surface area contributed by atoms with Crippen LogP contribution in [0.1, 0.15) is 70.3 Å². The van der Waals surface area contributed by atoms with Crippen LogP contribution in [0, 0.1) is 5.92 Å². The summed E-state index contributed by atoms with van der Waals surface area (Å²) in [4.78, 5) is 11.0. The molecule has 178 valence electrons. The molecular weight excluding hydrogens is 406 g/mol. The maximum Gasteiger partial charge on any atom is 0.120 e. The van der Waals surface area contributed by atoms with Gasteiger partial charge in [0, 0.05) is 37.4 Å².